The summed E-state index contributed by atoms with van der Waals surface area (Å²) in [7, 11) is 0. The van der Waals surface area contributed by atoms with Crippen LogP contribution < -0.4 is 5.32 Å². The molecule has 0 spiro atoms. The largest absolute Gasteiger partial charge is 0.313 e. The molecule has 1 aliphatic rings. The standard InChI is InChI=1S/C16H24BrNS/c1-2-19-11-5-6-13(12-18-14-9-10-14)15-7-3-4-8-16(15)17/h3-4,7-8,13-14,18H,2,5-6,9-12H2,1H3. The third kappa shape index (κ3) is 5.49. The highest BCUT2D eigenvalue weighted by molar-refractivity contribution is 9.10. The van der Waals surface area contributed by atoms with Crippen LogP contribution in [0.15, 0.2) is 28.7 Å². The molecule has 1 aromatic carbocycles. The summed E-state index contributed by atoms with van der Waals surface area (Å²) in [6, 6.07) is 9.50. The quantitative estimate of drug-likeness (QED) is 0.646. The van der Waals surface area contributed by atoms with E-state index >= 15 is 0 Å². The molecule has 0 aliphatic heterocycles. The van der Waals surface area contributed by atoms with Crippen molar-refractivity contribution in [2.75, 3.05) is 18.1 Å². The van der Waals surface area contributed by atoms with Crippen molar-refractivity contribution in [1.29, 1.82) is 0 Å². The molecule has 0 aromatic heterocycles. The van der Waals surface area contributed by atoms with E-state index in [4.69, 9.17) is 0 Å². The van der Waals surface area contributed by atoms with Gasteiger partial charge in [0.05, 0.1) is 0 Å². The van der Waals surface area contributed by atoms with E-state index in [9.17, 15) is 0 Å². The Bertz CT molecular complexity index is 379. The van der Waals surface area contributed by atoms with Crippen molar-refractivity contribution in [2.24, 2.45) is 0 Å². The molecular formula is C16H24BrNS. The van der Waals surface area contributed by atoms with Crippen molar-refractivity contribution in [2.45, 2.75) is 44.6 Å². The second-order valence-corrected chi connectivity index (χ2v) is 7.49. The molecule has 106 valence electrons. The Morgan fingerprint density at radius 2 is 2.16 bits per heavy atom. The van der Waals surface area contributed by atoms with Gasteiger partial charge in [0.2, 0.25) is 0 Å². The van der Waals surface area contributed by atoms with Crippen LogP contribution >= 0.6 is 27.7 Å². The fourth-order valence-electron chi connectivity index (χ4n) is 2.35. The molecule has 1 N–H and O–H groups in total. The molecule has 1 fully saturated rings. The summed E-state index contributed by atoms with van der Waals surface area (Å²) in [5.41, 5.74) is 1.47. The van der Waals surface area contributed by atoms with Crippen molar-refractivity contribution < 1.29 is 0 Å². The molecule has 0 bridgehead atoms. The first kappa shape index (κ1) is 15.4. The Labute approximate surface area is 130 Å². The third-order valence-electron chi connectivity index (χ3n) is 3.62. The maximum atomic E-state index is 3.71. The summed E-state index contributed by atoms with van der Waals surface area (Å²) in [4.78, 5) is 0. The van der Waals surface area contributed by atoms with Gasteiger partial charge in [-0.2, -0.15) is 11.8 Å². The maximum absolute atomic E-state index is 3.71. The molecule has 1 aliphatic carbocycles. The minimum Gasteiger partial charge on any atom is -0.313 e. The molecule has 0 amide bonds. The van der Waals surface area contributed by atoms with Crippen molar-refractivity contribution in [3.8, 4) is 0 Å². The summed E-state index contributed by atoms with van der Waals surface area (Å²) in [6.07, 6.45) is 5.34. The second kappa shape index (κ2) is 8.33. The van der Waals surface area contributed by atoms with Gasteiger partial charge in [-0.15, -0.1) is 0 Å². The zero-order valence-electron chi connectivity index (χ0n) is 11.7. The Hall–Kier alpha value is 0.01000. The predicted octanol–water partition coefficient (Wildman–Crippen LogP) is 4.82. The van der Waals surface area contributed by atoms with Gasteiger partial charge in [0.1, 0.15) is 0 Å². The van der Waals surface area contributed by atoms with Gasteiger partial charge < -0.3 is 5.32 Å². The Kier molecular flexibility index (Phi) is 6.75. The molecule has 1 unspecified atom stereocenters. The molecule has 3 heteroatoms. The average Bonchev–Trinajstić information content (AvgIpc) is 3.23. The first-order valence-electron chi connectivity index (χ1n) is 7.36. The van der Waals surface area contributed by atoms with Gasteiger partial charge in [-0.1, -0.05) is 41.1 Å². The molecular weight excluding hydrogens is 318 g/mol. The van der Waals surface area contributed by atoms with Crippen LogP contribution in [0.3, 0.4) is 0 Å². The Morgan fingerprint density at radius 3 is 2.84 bits per heavy atom. The third-order valence-corrected chi connectivity index (χ3v) is 5.33. The monoisotopic (exact) mass is 341 g/mol. The normalized spacial score (nSPS) is 16.5. The molecule has 1 aromatic rings. The van der Waals surface area contributed by atoms with E-state index < -0.39 is 0 Å². The highest BCUT2D eigenvalue weighted by Gasteiger charge is 2.22. The van der Waals surface area contributed by atoms with Gasteiger partial charge in [-0.3, -0.25) is 0 Å². The van der Waals surface area contributed by atoms with Crippen molar-refractivity contribution in [1.82, 2.24) is 5.32 Å². The van der Waals surface area contributed by atoms with Crippen LogP contribution in [0.2, 0.25) is 0 Å². The lowest BCUT2D eigenvalue weighted by Crippen LogP contribution is -2.24. The lowest BCUT2D eigenvalue weighted by Gasteiger charge is -2.19. The number of nitrogens with one attached hydrogen (secondary N) is 1. The van der Waals surface area contributed by atoms with Crippen molar-refractivity contribution in [3.63, 3.8) is 0 Å². The van der Waals surface area contributed by atoms with Gasteiger partial charge in [0.25, 0.3) is 0 Å². The molecule has 1 saturated carbocycles. The molecule has 0 heterocycles. The highest BCUT2D eigenvalue weighted by Crippen LogP contribution is 2.29. The predicted molar refractivity (Wildman–Crippen MR) is 90.1 cm³/mol. The lowest BCUT2D eigenvalue weighted by atomic mass is 9.94. The molecule has 0 radical (unpaired) electrons. The number of thioether (sulfide) groups is 1. The Balaban J connectivity index is 1.90. The number of hydrogen-bond acceptors (Lipinski definition) is 2. The zero-order chi connectivity index (χ0) is 13.5. The molecule has 0 saturated heterocycles. The number of benzene rings is 1. The zero-order valence-corrected chi connectivity index (χ0v) is 14.1. The number of hydrogen-bond donors (Lipinski definition) is 1. The summed E-state index contributed by atoms with van der Waals surface area (Å²) < 4.78 is 1.26. The SMILES string of the molecule is CCSCCCC(CNC1CC1)c1ccccc1Br. The van der Waals surface area contributed by atoms with Crippen LogP contribution in [0.1, 0.15) is 44.1 Å². The highest BCUT2D eigenvalue weighted by atomic mass is 79.9. The van der Waals surface area contributed by atoms with E-state index in [1.165, 1.54) is 47.2 Å². The van der Waals surface area contributed by atoms with Crippen LogP contribution in [0.25, 0.3) is 0 Å². The summed E-state index contributed by atoms with van der Waals surface area (Å²) >= 11 is 5.76. The van der Waals surface area contributed by atoms with Gasteiger partial charge in [-0.25, -0.2) is 0 Å². The summed E-state index contributed by atoms with van der Waals surface area (Å²) in [6.45, 7) is 3.37. The topological polar surface area (TPSA) is 12.0 Å². The van der Waals surface area contributed by atoms with E-state index in [1.54, 1.807) is 0 Å². The minimum atomic E-state index is 0.647. The molecule has 1 nitrogen and oxygen atoms in total. The summed E-state index contributed by atoms with van der Waals surface area (Å²) in [5, 5.41) is 3.70. The first-order chi connectivity index (χ1) is 9.31. The van der Waals surface area contributed by atoms with Gasteiger partial charge >= 0.3 is 0 Å². The van der Waals surface area contributed by atoms with Gasteiger partial charge in [-0.05, 0) is 54.7 Å². The Morgan fingerprint density at radius 1 is 1.37 bits per heavy atom. The molecule has 1 atom stereocenters. The van der Waals surface area contributed by atoms with E-state index in [1.807, 2.05) is 0 Å². The number of rotatable bonds is 9. The average molecular weight is 342 g/mol. The maximum Gasteiger partial charge on any atom is 0.0210 e. The van der Waals surface area contributed by atoms with E-state index in [-0.39, 0.29) is 0 Å². The van der Waals surface area contributed by atoms with E-state index in [0.29, 0.717) is 5.92 Å². The fourth-order valence-corrected chi connectivity index (χ4v) is 3.61. The minimum absolute atomic E-state index is 0.647. The lowest BCUT2D eigenvalue weighted by molar-refractivity contribution is 0.542. The summed E-state index contributed by atoms with van der Waals surface area (Å²) in [5.74, 6) is 3.18. The van der Waals surface area contributed by atoms with Crippen LogP contribution in [0.4, 0.5) is 0 Å². The van der Waals surface area contributed by atoms with Crippen LogP contribution in [-0.4, -0.2) is 24.1 Å². The fraction of sp³-hybridized carbons (Fsp3) is 0.625. The van der Waals surface area contributed by atoms with Crippen LogP contribution in [-0.2, 0) is 0 Å². The van der Waals surface area contributed by atoms with Gasteiger partial charge in [0, 0.05) is 17.1 Å². The van der Waals surface area contributed by atoms with Crippen LogP contribution in [0.5, 0.6) is 0 Å². The first-order valence-corrected chi connectivity index (χ1v) is 9.31. The van der Waals surface area contributed by atoms with Gasteiger partial charge in [0.15, 0.2) is 0 Å². The van der Waals surface area contributed by atoms with Crippen molar-refractivity contribution in [3.05, 3.63) is 34.3 Å². The van der Waals surface area contributed by atoms with Crippen LogP contribution in [0, 0.1) is 0 Å². The van der Waals surface area contributed by atoms with E-state index in [2.05, 4.69) is 64.2 Å². The molecule has 2 rings (SSSR count). The second-order valence-electron chi connectivity index (χ2n) is 5.24. The van der Waals surface area contributed by atoms with Crippen molar-refractivity contribution >= 4 is 27.7 Å². The molecule has 19 heavy (non-hydrogen) atoms. The smallest absolute Gasteiger partial charge is 0.0210 e. The van der Waals surface area contributed by atoms with E-state index in [0.717, 1.165) is 12.6 Å². The number of halogens is 1.